The molecule has 0 aliphatic carbocycles. The summed E-state index contributed by atoms with van der Waals surface area (Å²) < 4.78 is 2.16. The molecule has 0 spiro atoms. The zero-order valence-electron chi connectivity index (χ0n) is 10.0. The summed E-state index contributed by atoms with van der Waals surface area (Å²) in [6, 6.07) is 0. The minimum atomic E-state index is 0. The van der Waals surface area contributed by atoms with Gasteiger partial charge in [0.15, 0.2) is 5.82 Å². The van der Waals surface area contributed by atoms with Gasteiger partial charge in [-0.1, -0.05) is 0 Å². The molecule has 6 nitrogen and oxygen atoms in total. The Hall–Kier alpha value is -1.11. The van der Waals surface area contributed by atoms with Crippen LogP contribution in [0.15, 0.2) is 6.33 Å². The van der Waals surface area contributed by atoms with Crippen LogP contribution in [0.3, 0.4) is 0 Å². The van der Waals surface area contributed by atoms with Gasteiger partial charge in [-0.3, -0.25) is 0 Å². The van der Waals surface area contributed by atoms with E-state index >= 15 is 0 Å². The van der Waals surface area contributed by atoms with Gasteiger partial charge < -0.3 is 14.9 Å². The van der Waals surface area contributed by atoms with Crippen molar-refractivity contribution in [3.05, 3.63) is 17.8 Å². The Bertz CT molecular complexity index is 506. The number of aryl methyl sites for hydroxylation is 1. The van der Waals surface area contributed by atoms with Crippen molar-refractivity contribution in [3.63, 3.8) is 0 Å². The van der Waals surface area contributed by atoms with Crippen LogP contribution in [0.5, 0.6) is 0 Å². The number of halogens is 2. The van der Waals surface area contributed by atoms with E-state index in [0.29, 0.717) is 0 Å². The molecule has 100 valence electrons. The van der Waals surface area contributed by atoms with E-state index in [2.05, 4.69) is 30.0 Å². The minimum absolute atomic E-state index is 0. The maximum Gasteiger partial charge on any atom is 0.184 e. The van der Waals surface area contributed by atoms with Crippen molar-refractivity contribution in [2.45, 2.75) is 19.9 Å². The second kappa shape index (κ2) is 6.17. The first-order chi connectivity index (χ1) is 7.86. The summed E-state index contributed by atoms with van der Waals surface area (Å²) >= 11 is 0. The first-order valence-corrected chi connectivity index (χ1v) is 5.49. The number of aromatic amines is 1. The number of nitrogens with one attached hydrogen (secondary N) is 2. The molecule has 18 heavy (non-hydrogen) atoms. The van der Waals surface area contributed by atoms with E-state index in [1.807, 2.05) is 6.92 Å². The highest BCUT2D eigenvalue weighted by molar-refractivity contribution is 5.85. The average molecular weight is 291 g/mol. The molecule has 2 aromatic rings. The summed E-state index contributed by atoms with van der Waals surface area (Å²) in [4.78, 5) is 7.37. The molecule has 0 saturated heterocycles. The van der Waals surface area contributed by atoms with Gasteiger partial charge in [-0.05, 0) is 6.92 Å². The molecule has 0 radical (unpaired) electrons. The van der Waals surface area contributed by atoms with Crippen LogP contribution in [0, 0.1) is 6.92 Å². The first-order valence-electron chi connectivity index (χ1n) is 5.49. The van der Waals surface area contributed by atoms with Crippen LogP contribution in [0.25, 0.3) is 11.5 Å². The van der Waals surface area contributed by atoms with Crippen molar-refractivity contribution in [1.29, 1.82) is 0 Å². The predicted molar refractivity (Wildman–Crippen MR) is 73.4 cm³/mol. The Morgan fingerprint density at radius 2 is 2.06 bits per heavy atom. The highest BCUT2D eigenvalue weighted by Gasteiger charge is 2.18. The van der Waals surface area contributed by atoms with E-state index < -0.39 is 0 Å². The molecular formula is C10H16Cl2N6. The SMILES string of the molecule is Cc1[nH]cnc1-c1nnc2n1CCNCC2.Cl.Cl. The Morgan fingerprint density at radius 1 is 1.22 bits per heavy atom. The predicted octanol–water partition coefficient (Wildman–Crippen LogP) is 0.966. The molecule has 0 saturated carbocycles. The zero-order valence-corrected chi connectivity index (χ0v) is 11.6. The van der Waals surface area contributed by atoms with Crippen molar-refractivity contribution in [3.8, 4) is 11.5 Å². The molecule has 0 fully saturated rings. The second-order valence-corrected chi connectivity index (χ2v) is 3.97. The molecule has 3 rings (SSSR count). The second-order valence-electron chi connectivity index (χ2n) is 3.97. The van der Waals surface area contributed by atoms with Crippen LogP contribution in [0.1, 0.15) is 11.5 Å². The topological polar surface area (TPSA) is 71.4 Å². The molecule has 0 aromatic carbocycles. The summed E-state index contributed by atoms with van der Waals surface area (Å²) in [5, 5.41) is 11.8. The van der Waals surface area contributed by atoms with Crippen LogP contribution in [0.4, 0.5) is 0 Å². The fraction of sp³-hybridized carbons (Fsp3) is 0.500. The molecule has 0 bridgehead atoms. The van der Waals surface area contributed by atoms with Crippen LogP contribution in [0.2, 0.25) is 0 Å². The number of hydrogen-bond donors (Lipinski definition) is 2. The summed E-state index contributed by atoms with van der Waals surface area (Å²) in [5.74, 6) is 1.92. The summed E-state index contributed by atoms with van der Waals surface area (Å²) in [5.41, 5.74) is 1.94. The van der Waals surface area contributed by atoms with E-state index in [4.69, 9.17) is 0 Å². The third-order valence-electron chi connectivity index (χ3n) is 2.91. The number of hydrogen-bond acceptors (Lipinski definition) is 4. The van der Waals surface area contributed by atoms with E-state index in [1.165, 1.54) is 0 Å². The molecule has 8 heteroatoms. The van der Waals surface area contributed by atoms with Crippen LogP contribution >= 0.6 is 24.8 Å². The Kier molecular flexibility index (Phi) is 5.13. The van der Waals surface area contributed by atoms with E-state index in [1.54, 1.807) is 6.33 Å². The van der Waals surface area contributed by atoms with Gasteiger partial charge in [0.2, 0.25) is 0 Å². The lowest BCUT2D eigenvalue weighted by molar-refractivity contribution is 0.646. The smallest absolute Gasteiger partial charge is 0.184 e. The summed E-state index contributed by atoms with van der Waals surface area (Å²) in [6.07, 6.45) is 2.62. The normalized spacial score (nSPS) is 14.1. The highest BCUT2D eigenvalue weighted by atomic mass is 35.5. The van der Waals surface area contributed by atoms with Gasteiger partial charge in [-0.15, -0.1) is 35.0 Å². The van der Waals surface area contributed by atoms with Crippen molar-refractivity contribution < 1.29 is 0 Å². The number of H-pyrrole nitrogens is 1. The van der Waals surface area contributed by atoms with Crippen LogP contribution in [-0.4, -0.2) is 37.8 Å². The van der Waals surface area contributed by atoms with Gasteiger partial charge in [0.1, 0.15) is 11.5 Å². The van der Waals surface area contributed by atoms with Gasteiger partial charge in [-0.2, -0.15) is 0 Å². The molecule has 3 heterocycles. The molecule has 0 unspecified atom stereocenters. The standard InChI is InChI=1S/C10H14N6.2ClH/c1-7-9(13-6-12-7)10-15-14-8-2-3-11-4-5-16(8)10;;/h6,11H,2-5H2,1H3,(H,12,13);2*1H. The Balaban J connectivity index is 0.000000810. The minimum Gasteiger partial charge on any atom is -0.348 e. The lowest BCUT2D eigenvalue weighted by atomic mass is 10.3. The summed E-state index contributed by atoms with van der Waals surface area (Å²) in [7, 11) is 0. The number of nitrogens with zero attached hydrogens (tertiary/aromatic N) is 4. The van der Waals surface area contributed by atoms with E-state index in [-0.39, 0.29) is 24.8 Å². The third-order valence-corrected chi connectivity index (χ3v) is 2.91. The quantitative estimate of drug-likeness (QED) is 0.821. The van der Waals surface area contributed by atoms with Gasteiger partial charge >= 0.3 is 0 Å². The van der Waals surface area contributed by atoms with E-state index in [0.717, 1.165) is 49.1 Å². The van der Waals surface area contributed by atoms with Crippen molar-refractivity contribution in [2.75, 3.05) is 13.1 Å². The zero-order chi connectivity index (χ0) is 11.0. The number of aromatic nitrogens is 5. The third kappa shape index (κ3) is 2.50. The number of rotatable bonds is 1. The lowest BCUT2D eigenvalue weighted by Crippen LogP contribution is -2.17. The van der Waals surface area contributed by atoms with Gasteiger partial charge in [0.05, 0.1) is 6.33 Å². The monoisotopic (exact) mass is 290 g/mol. The van der Waals surface area contributed by atoms with Crippen molar-refractivity contribution in [2.24, 2.45) is 0 Å². The lowest BCUT2D eigenvalue weighted by Gasteiger charge is -2.04. The fourth-order valence-corrected chi connectivity index (χ4v) is 2.03. The highest BCUT2D eigenvalue weighted by Crippen LogP contribution is 2.19. The van der Waals surface area contributed by atoms with Crippen molar-refractivity contribution in [1.82, 2.24) is 30.0 Å². The molecular weight excluding hydrogens is 275 g/mol. The van der Waals surface area contributed by atoms with Crippen LogP contribution < -0.4 is 5.32 Å². The largest absolute Gasteiger partial charge is 0.348 e. The molecule has 2 N–H and O–H groups in total. The van der Waals surface area contributed by atoms with Crippen LogP contribution in [-0.2, 0) is 13.0 Å². The summed E-state index contributed by atoms with van der Waals surface area (Å²) in [6.45, 7) is 4.84. The van der Waals surface area contributed by atoms with Gasteiger partial charge in [0, 0.05) is 31.7 Å². The van der Waals surface area contributed by atoms with E-state index in [9.17, 15) is 0 Å². The fourth-order valence-electron chi connectivity index (χ4n) is 2.03. The molecule has 1 aliphatic heterocycles. The molecule has 0 amide bonds. The Labute approximate surface area is 117 Å². The number of fused-ring (bicyclic) bond motifs is 1. The maximum atomic E-state index is 4.30. The molecule has 0 atom stereocenters. The van der Waals surface area contributed by atoms with Gasteiger partial charge in [0.25, 0.3) is 0 Å². The molecule has 1 aliphatic rings. The number of imidazole rings is 1. The van der Waals surface area contributed by atoms with Crippen molar-refractivity contribution >= 4 is 24.8 Å². The average Bonchev–Trinajstić information content (AvgIpc) is 2.78. The Morgan fingerprint density at radius 3 is 2.78 bits per heavy atom. The van der Waals surface area contributed by atoms with Gasteiger partial charge in [-0.25, -0.2) is 4.98 Å². The first kappa shape index (κ1) is 14.9. The maximum absolute atomic E-state index is 4.30. The molecule has 2 aromatic heterocycles.